The molecule has 0 atom stereocenters. The lowest BCUT2D eigenvalue weighted by Gasteiger charge is -2.14. The van der Waals surface area contributed by atoms with E-state index in [1.807, 2.05) is 22.6 Å². The molecule has 0 saturated heterocycles. The number of benzene rings is 2. The van der Waals surface area contributed by atoms with Crippen LogP contribution in [0.15, 0.2) is 46.9 Å². The van der Waals surface area contributed by atoms with Crippen molar-refractivity contribution in [3.05, 3.63) is 56.1 Å². The van der Waals surface area contributed by atoms with Gasteiger partial charge in [-0.25, -0.2) is 0 Å². The summed E-state index contributed by atoms with van der Waals surface area (Å²) in [4.78, 5) is 0. The Morgan fingerprint density at radius 1 is 1.00 bits per heavy atom. The molecule has 0 heterocycles. The first-order valence-corrected chi connectivity index (χ1v) is 7.04. The Morgan fingerprint density at radius 3 is 2.32 bits per heavy atom. The van der Waals surface area contributed by atoms with Crippen LogP contribution in [0, 0.1) is 3.57 Å². The predicted octanol–water partition coefficient (Wildman–Crippen LogP) is 5.86. The molecule has 0 bridgehead atoms. The number of halogens is 5. The topological polar surface area (TPSA) is 9.23 Å². The summed E-state index contributed by atoms with van der Waals surface area (Å²) < 4.78 is 45.3. The van der Waals surface area contributed by atoms with Crippen LogP contribution in [0.4, 0.5) is 13.2 Å². The molecular weight excluding hydrogens is 436 g/mol. The molecule has 0 aliphatic heterocycles. The number of rotatable bonds is 2. The molecular formula is C13H7BrF3IO. The summed E-state index contributed by atoms with van der Waals surface area (Å²) in [6, 6.07) is 10.5. The molecule has 0 spiro atoms. The highest BCUT2D eigenvalue weighted by Crippen LogP contribution is 2.40. The Balaban J connectivity index is 2.45. The van der Waals surface area contributed by atoms with Crippen molar-refractivity contribution in [1.29, 1.82) is 0 Å². The van der Waals surface area contributed by atoms with Crippen molar-refractivity contribution < 1.29 is 17.9 Å². The van der Waals surface area contributed by atoms with Crippen LogP contribution in [0.1, 0.15) is 5.56 Å². The monoisotopic (exact) mass is 442 g/mol. The fourth-order valence-corrected chi connectivity index (χ4v) is 2.30. The average Bonchev–Trinajstić information content (AvgIpc) is 2.30. The molecule has 0 radical (unpaired) electrons. The van der Waals surface area contributed by atoms with Crippen molar-refractivity contribution in [2.24, 2.45) is 0 Å². The Kier molecular flexibility index (Phi) is 4.39. The van der Waals surface area contributed by atoms with Gasteiger partial charge in [0.2, 0.25) is 0 Å². The van der Waals surface area contributed by atoms with Gasteiger partial charge in [0.15, 0.2) is 0 Å². The maximum Gasteiger partial charge on any atom is 0.419 e. The molecule has 2 rings (SSSR count). The second kappa shape index (κ2) is 5.70. The quantitative estimate of drug-likeness (QED) is 0.529. The SMILES string of the molecule is FC(F)(F)c1ccc(Br)cc1Oc1ccccc1I. The average molecular weight is 443 g/mol. The molecule has 2 aromatic rings. The fraction of sp³-hybridized carbons (Fsp3) is 0.0769. The van der Waals surface area contributed by atoms with E-state index in [1.54, 1.807) is 24.3 Å². The van der Waals surface area contributed by atoms with Gasteiger partial charge in [-0.15, -0.1) is 0 Å². The third-order valence-electron chi connectivity index (χ3n) is 2.31. The zero-order valence-corrected chi connectivity index (χ0v) is 13.1. The minimum absolute atomic E-state index is 0.217. The first kappa shape index (κ1) is 14.6. The van der Waals surface area contributed by atoms with Crippen molar-refractivity contribution in [2.75, 3.05) is 0 Å². The fourth-order valence-electron chi connectivity index (χ4n) is 1.46. The van der Waals surface area contributed by atoms with E-state index in [2.05, 4.69) is 15.9 Å². The number of hydrogen-bond donors (Lipinski definition) is 0. The summed E-state index contributed by atoms with van der Waals surface area (Å²) in [6.45, 7) is 0. The van der Waals surface area contributed by atoms with Gasteiger partial charge in [0.25, 0.3) is 0 Å². The van der Waals surface area contributed by atoms with E-state index < -0.39 is 11.7 Å². The van der Waals surface area contributed by atoms with Crippen LogP contribution in [-0.2, 0) is 6.18 Å². The number of alkyl halides is 3. The summed E-state index contributed by atoms with van der Waals surface area (Å²) in [6.07, 6.45) is -4.45. The van der Waals surface area contributed by atoms with E-state index >= 15 is 0 Å². The Morgan fingerprint density at radius 2 is 1.68 bits per heavy atom. The standard InChI is InChI=1S/C13H7BrF3IO/c14-8-5-6-9(13(15,16)17)12(7-8)19-11-4-2-1-3-10(11)18/h1-7H. The molecule has 2 aromatic carbocycles. The summed E-state index contributed by atoms with van der Waals surface area (Å²) in [5.41, 5.74) is -0.796. The molecule has 0 N–H and O–H groups in total. The van der Waals surface area contributed by atoms with Gasteiger partial charge >= 0.3 is 6.18 Å². The van der Waals surface area contributed by atoms with Gasteiger partial charge in [-0.05, 0) is 52.9 Å². The van der Waals surface area contributed by atoms with Crippen LogP contribution in [0.2, 0.25) is 0 Å². The van der Waals surface area contributed by atoms with E-state index in [0.717, 1.165) is 9.64 Å². The Labute approximate surface area is 130 Å². The lowest BCUT2D eigenvalue weighted by Crippen LogP contribution is -2.07. The molecule has 1 nitrogen and oxygen atoms in total. The first-order chi connectivity index (χ1) is 8.88. The molecule has 0 aliphatic rings. The molecule has 0 aliphatic carbocycles. The summed E-state index contributed by atoms with van der Waals surface area (Å²) >= 11 is 5.16. The van der Waals surface area contributed by atoms with Crippen molar-refractivity contribution in [1.82, 2.24) is 0 Å². The first-order valence-electron chi connectivity index (χ1n) is 5.17. The second-order valence-electron chi connectivity index (χ2n) is 3.67. The van der Waals surface area contributed by atoms with Crippen molar-refractivity contribution in [3.8, 4) is 11.5 Å². The highest BCUT2D eigenvalue weighted by atomic mass is 127. The largest absolute Gasteiger partial charge is 0.456 e. The van der Waals surface area contributed by atoms with E-state index in [9.17, 15) is 13.2 Å². The maximum absolute atomic E-state index is 12.9. The van der Waals surface area contributed by atoms with Crippen LogP contribution < -0.4 is 4.74 Å². The Hall–Kier alpha value is -0.760. The molecule has 0 fully saturated rings. The molecule has 0 amide bonds. The van der Waals surface area contributed by atoms with Gasteiger partial charge in [-0.2, -0.15) is 13.2 Å². The highest BCUT2D eigenvalue weighted by molar-refractivity contribution is 14.1. The minimum Gasteiger partial charge on any atom is -0.456 e. The van der Waals surface area contributed by atoms with Crippen LogP contribution in [0.25, 0.3) is 0 Å². The third kappa shape index (κ3) is 3.62. The highest BCUT2D eigenvalue weighted by Gasteiger charge is 2.34. The smallest absolute Gasteiger partial charge is 0.419 e. The third-order valence-corrected chi connectivity index (χ3v) is 3.69. The summed E-state index contributed by atoms with van der Waals surface area (Å²) in [5, 5.41) is 0. The van der Waals surface area contributed by atoms with Crippen molar-refractivity contribution >= 4 is 38.5 Å². The number of para-hydroxylation sites is 1. The lowest BCUT2D eigenvalue weighted by molar-refractivity contribution is -0.138. The van der Waals surface area contributed by atoms with E-state index in [-0.39, 0.29) is 5.75 Å². The van der Waals surface area contributed by atoms with Crippen LogP contribution >= 0.6 is 38.5 Å². The summed E-state index contributed by atoms with van der Waals surface area (Å²) in [7, 11) is 0. The lowest BCUT2D eigenvalue weighted by atomic mass is 10.2. The number of hydrogen-bond acceptors (Lipinski definition) is 1. The molecule has 100 valence electrons. The number of ether oxygens (including phenoxy) is 1. The molecule has 6 heteroatoms. The summed E-state index contributed by atoms with van der Waals surface area (Å²) in [5.74, 6) is 0.178. The zero-order valence-electron chi connectivity index (χ0n) is 9.34. The van der Waals surface area contributed by atoms with Gasteiger partial charge in [0.05, 0.1) is 9.13 Å². The van der Waals surface area contributed by atoms with Crippen LogP contribution in [-0.4, -0.2) is 0 Å². The molecule has 0 saturated carbocycles. The predicted molar refractivity (Wildman–Crippen MR) is 78.4 cm³/mol. The normalized spacial score (nSPS) is 11.4. The van der Waals surface area contributed by atoms with Gasteiger partial charge in [0.1, 0.15) is 11.5 Å². The van der Waals surface area contributed by atoms with E-state index in [4.69, 9.17) is 4.74 Å². The van der Waals surface area contributed by atoms with Gasteiger partial charge < -0.3 is 4.74 Å². The van der Waals surface area contributed by atoms with Gasteiger partial charge in [-0.3, -0.25) is 0 Å². The van der Waals surface area contributed by atoms with E-state index in [0.29, 0.717) is 10.2 Å². The minimum atomic E-state index is -4.45. The van der Waals surface area contributed by atoms with Gasteiger partial charge in [-0.1, -0.05) is 28.1 Å². The molecule has 19 heavy (non-hydrogen) atoms. The Bertz CT molecular complexity index is 599. The van der Waals surface area contributed by atoms with Crippen LogP contribution in [0.3, 0.4) is 0 Å². The van der Waals surface area contributed by atoms with Crippen molar-refractivity contribution in [3.63, 3.8) is 0 Å². The second-order valence-corrected chi connectivity index (χ2v) is 5.75. The van der Waals surface area contributed by atoms with Crippen LogP contribution in [0.5, 0.6) is 11.5 Å². The zero-order chi connectivity index (χ0) is 14.0. The van der Waals surface area contributed by atoms with Crippen molar-refractivity contribution in [2.45, 2.75) is 6.18 Å². The molecule has 0 unspecified atom stereocenters. The maximum atomic E-state index is 12.9. The molecule has 0 aromatic heterocycles. The van der Waals surface area contributed by atoms with Gasteiger partial charge in [0, 0.05) is 4.47 Å². The van der Waals surface area contributed by atoms with E-state index in [1.165, 1.54) is 12.1 Å².